The molecule has 0 radical (unpaired) electrons. The Bertz CT molecular complexity index is 939. The number of carbonyl (C=O) groups is 1. The molecule has 7 nitrogen and oxygen atoms in total. The number of halogens is 1. The van der Waals surface area contributed by atoms with Gasteiger partial charge in [-0.25, -0.2) is 0 Å². The van der Waals surface area contributed by atoms with Crippen LogP contribution in [0.1, 0.15) is 17.2 Å². The lowest BCUT2D eigenvalue weighted by molar-refractivity contribution is -0.117. The molecule has 0 saturated carbocycles. The molecule has 0 spiro atoms. The van der Waals surface area contributed by atoms with Crippen LogP contribution in [0.3, 0.4) is 0 Å². The predicted octanol–water partition coefficient (Wildman–Crippen LogP) is 2.91. The van der Waals surface area contributed by atoms with Gasteiger partial charge in [0.2, 0.25) is 0 Å². The van der Waals surface area contributed by atoms with Crippen molar-refractivity contribution in [1.29, 1.82) is 0 Å². The molecule has 3 aromatic rings. The zero-order valence-corrected chi connectivity index (χ0v) is 13.6. The van der Waals surface area contributed by atoms with Crippen LogP contribution in [0.25, 0.3) is 5.57 Å². The molecule has 0 bridgehead atoms. The number of aromatic nitrogens is 4. The molecule has 4 rings (SSSR count). The van der Waals surface area contributed by atoms with Crippen molar-refractivity contribution < 1.29 is 9.90 Å². The molecular formula is C17H12ClN5O2. The van der Waals surface area contributed by atoms with Gasteiger partial charge in [-0.05, 0) is 28.5 Å². The third kappa shape index (κ3) is 2.54. The maximum atomic E-state index is 12.7. The van der Waals surface area contributed by atoms with Gasteiger partial charge in [0.15, 0.2) is 5.76 Å². The highest BCUT2D eigenvalue weighted by Crippen LogP contribution is 2.44. The number of nitrogens with one attached hydrogen (secondary N) is 1. The number of aromatic amines is 1. The molecule has 1 atom stereocenters. The predicted molar refractivity (Wildman–Crippen MR) is 91.8 cm³/mol. The first kappa shape index (κ1) is 15.3. The number of carbonyl (C=O) groups excluding carboxylic acids is 1. The van der Waals surface area contributed by atoms with Gasteiger partial charge in [0, 0.05) is 10.6 Å². The maximum absolute atomic E-state index is 12.7. The van der Waals surface area contributed by atoms with E-state index in [4.69, 9.17) is 11.6 Å². The van der Waals surface area contributed by atoms with Crippen molar-refractivity contribution >= 4 is 29.0 Å². The molecule has 1 amide bonds. The Morgan fingerprint density at radius 2 is 1.80 bits per heavy atom. The summed E-state index contributed by atoms with van der Waals surface area (Å²) in [5, 5.41) is 24.8. The number of hydrogen-bond acceptors (Lipinski definition) is 5. The Balaban J connectivity index is 1.91. The average Bonchev–Trinajstić information content (AvgIpc) is 3.24. The first-order chi connectivity index (χ1) is 12.2. The molecule has 8 heteroatoms. The van der Waals surface area contributed by atoms with Crippen LogP contribution in [0.4, 0.5) is 5.95 Å². The first-order valence-electron chi connectivity index (χ1n) is 7.48. The van der Waals surface area contributed by atoms with Crippen LogP contribution in [0.5, 0.6) is 0 Å². The van der Waals surface area contributed by atoms with Gasteiger partial charge in [-0.15, -0.1) is 5.10 Å². The summed E-state index contributed by atoms with van der Waals surface area (Å²) in [6, 6.07) is 15.7. The summed E-state index contributed by atoms with van der Waals surface area (Å²) in [5.41, 5.74) is 1.99. The quantitative estimate of drug-likeness (QED) is 0.754. The highest BCUT2D eigenvalue weighted by atomic mass is 35.5. The molecule has 1 aromatic heterocycles. The minimum absolute atomic E-state index is 0.0856. The summed E-state index contributed by atoms with van der Waals surface area (Å²) in [5.74, 6) is -0.835. The van der Waals surface area contributed by atoms with Gasteiger partial charge in [0.25, 0.3) is 11.9 Å². The number of rotatable bonds is 3. The van der Waals surface area contributed by atoms with E-state index in [-0.39, 0.29) is 11.7 Å². The maximum Gasteiger partial charge on any atom is 0.296 e. The van der Waals surface area contributed by atoms with Crippen molar-refractivity contribution in [1.82, 2.24) is 20.6 Å². The Kier molecular flexibility index (Phi) is 3.70. The van der Waals surface area contributed by atoms with E-state index in [1.807, 2.05) is 30.3 Å². The first-order valence-corrected chi connectivity index (χ1v) is 7.85. The SMILES string of the molecule is O=C1C(O)=C(c2ccccc2)[C@H](c2ccc(Cl)cc2)N1c1nn[nH]n1. The van der Waals surface area contributed by atoms with Crippen LogP contribution >= 0.6 is 11.6 Å². The standard InChI is InChI=1S/C17H12ClN5O2/c18-12-8-6-11(7-9-12)14-13(10-4-2-1-3-5-10)15(24)16(25)23(14)17-19-21-22-20-17/h1-9,14,24H,(H,19,20,21,22)/t14-/m0/s1. The second kappa shape index (κ2) is 6.03. The summed E-state index contributed by atoms with van der Waals surface area (Å²) in [7, 11) is 0. The van der Waals surface area contributed by atoms with E-state index in [2.05, 4.69) is 20.6 Å². The topological polar surface area (TPSA) is 95.0 Å². The number of hydrogen-bond donors (Lipinski definition) is 2. The molecule has 25 heavy (non-hydrogen) atoms. The highest BCUT2D eigenvalue weighted by Gasteiger charge is 2.43. The Labute approximate surface area is 147 Å². The van der Waals surface area contributed by atoms with Crippen LogP contribution in [0.2, 0.25) is 5.02 Å². The van der Waals surface area contributed by atoms with E-state index < -0.39 is 11.9 Å². The van der Waals surface area contributed by atoms with Crippen molar-refractivity contribution in [3.8, 4) is 0 Å². The molecule has 2 N–H and O–H groups in total. The van der Waals surface area contributed by atoms with Crippen LogP contribution in [0.15, 0.2) is 60.4 Å². The number of tetrazole rings is 1. The van der Waals surface area contributed by atoms with E-state index in [1.165, 1.54) is 4.90 Å². The zero-order chi connectivity index (χ0) is 17.4. The van der Waals surface area contributed by atoms with Crippen molar-refractivity contribution in [2.75, 3.05) is 4.90 Å². The zero-order valence-electron chi connectivity index (χ0n) is 12.8. The lowest BCUT2D eigenvalue weighted by atomic mass is 9.94. The highest BCUT2D eigenvalue weighted by molar-refractivity contribution is 6.30. The number of anilines is 1. The van der Waals surface area contributed by atoms with E-state index in [0.717, 1.165) is 11.1 Å². The molecule has 2 heterocycles. The number of aliphatic hydroxyl groups is 1. The Morgan fingerprint density at radius 3 is 2.44 bits per heavy atom. The van der Waals surface area contributed by atoms with Gasteiger partial charge in [-0.1, -0.05) is 59.2 Å². The lowest BCUT2D eigenvalue weighted by Crippen LogP contribution is -2.31. The second-order valence-corrected chi connectivity index (χ2v) is 5.91. The van der Waals surface area contributed by atoms with Gasteiger partial charge in [0.05, 0.1) is 6.04 Å². The van der Waals surface area contributed by atoms with Gasteiger partial charge in [-0.3, -0.25) is 9.69 Å². The van der Waals surface area contributed by atoms with Gasteiger partial charge in [-0.2, -0.15) is 5.21 Å². The van der Waals surface area contributed by atoms with Crippen LogP contribution in [-0.2, 0) is 4.79 Å². The molecule has 124 valence electrons. The summed E-state index contributed by atoms with van der Waals surface area (Å²) in [4.78, 5) is 14.0. The number of H-pyrrole nitrogens is 1. The third-order valence-corrected chi connectivity index (χ3v) is 4.28. The van der Waals surface area contributed by atoms with Crippen molar-refractivity contribution in [3.63, 3.8) is 0 Å². The fourth-order valence-electron chi connectivity index (χ4n) is 2.94. The monoisotopic (exact) mass is 353 g/mol. The van der Waals surface area contributed by atoms with E-state index >= 15 is 0 Å². The van der Waals surface area contributed by atoms with Crippen LogP contribution in [0, 0.1) is 0 Å². The van der Waals surface area contributed by atoms with Gasteiger partial charge in [0.1, 0.15) is 0 Å². The van der Waals surface area contributed by atoms with Gasteiger partial charge >= 0.3 is 0 Å². The smallest absolute Gasteiger partial charge is 0.296 e. The Morgan fingerprint density at radius 1 is 1.08 bits per heavy atom. The van der Waals surface area contributed by atoms with E-state index in [9.17, 15) is 9.90 Å². The molecular weight excluding hydrogens is 342 g/mol. The van der Waals surface area contributed by atoms with E-state index in [1.54, 1.807) is 24.3 Å². The third-order valence-electron chi connectivity index (χ3n) is 4.03. The molecule has 0 unspecified atom stereocenters. The lowest BCUT2D eigenvalue weighted by Gasteiger charge is -2.24. The summed E-state index contributed by atoms with van der Waals surface area (Å²) < 4.78 is 0. The molecule has 2 aromatic carbocycles. The largest absolute Gasteiger partial charge is 0.503 e. The Hall–Kier alpha value is -3.19. The molecule has 0 saturated heterocycles. The molecule has 0 fully saturated rings. The van der Waals surface area contributed by atoms with E-state index in [0.29, 0.717) is 10.6 Å². The molecule has 1 aliphatic rings. The van der Waals surface area contributed by atoms with Crippen molar-refractivity contribution in [2.24, 2.45) is 0 Å². The number of benzene rings is 2. The van der Waals surface area contributed by atoms with Crippen molar-refractivity contribution in [2.45, 2.75) is 6.04 Å². The second-order valence-electron chi connectivity index (χ2n) is 5.47. The van der Waals surface area contributed by atoms with Crippen LogP contribution < -0.4 is 4.90 Å². The fourth-order valence-corrected chi connectivity index (χ4v) is 3.07. The molecule has 0 aliphatic carbocycles. The average molecular weight is 354 g/mol. The normalized spacial score (nSPS) is 17.4. The summed E-state index contributed by atoms with van der Waals surface area (Å²) >= 11 is 5.98. The minimum atomic E-state index is -0.593. The number of aliphatic hydroxyl groups excluding tert-OH is 1. The van der Waals surface area contributed by atoms with Gasteiger partial charge < -0.3 is 5.11 Å². The number of amides is 1. The minimum Gasteiger partial charge on any atom is -0.503 e. The molecule has 1 aliphatic heterocycles. The summed E-state index contributed by atoms with van der Waals surface area (Å²) in [6.45, 7) is 0. The fraction of sp³-hybridized carbons (Fsp3) is 0.0588. The van der Waals surface area contributed by atoms with Crippen LogP contribution in [-0.4, -0.2) is 31.6 Å². The van der Waals surface area contributed by atoms with Crippen molar-refractivity contribution in [3.05, 3.63) is 76.5 Å². The summed E-state index contributed by atoms with van der Waals surface area (Å²) in [6.07, 6.45) is 0. The number of nitrogens with zero attached hydrogens (tertiary/aromatic N) is 4.